The molecule has 0 aliphatic heterocycles. The molecule has 0 radical (unpaired) electrons. The van der Waals surface area contributed by atoms with E-state index in [1.54, 1.807) is 42.5 Å². The summed E-state index contributed by atoms with van der Waals surface area (Å²) in [4.78, 5) is 0.592. The molecule has 0 amide bonds. The number of halogens is 1. The van der Waals surface area contributed by atoms with Crippen LogP contribution in [0.25, 0.3) is 6.08 Å². The fourth-order valence-electron chi connectivity index (χ4n) is 2.20. The number of rotatable bonds is 2. The molecular weight excluding hydrogens is 263 g/mol. The van der Waals surface area contributed by atoms with E-state index in [1.807, 2.05) is 0 Å². The first-order chi connectivity index (χ1) is 9.07. The summed E-state index contributed by atoms with van der Waals surface area (Å²) < 4.78 is 38.0. The topological polar surface area (TPSA) is 34.1 Å². The Hall–Kier alpha value is -1.94. The molecule has 1 aliphatic rings. The van der Waals surface area contributed by atoms with Crippen molar-refractivity contribution in [3.8, 4) is 0 Å². The summed E-state index contributed by atoms with van der Waals surface area (Å²) >= 11 is 0. The van der Waals surface area contributed by atoms with Crippen LogP contribution in [-0.4, -0.2) is 8.42 Å². The van der Waals surface area contributed by atoms with Crippen LogP contribution in [0.4, 0.5) is 4.39 Å². The van der Waals surface area contributed by atoms with E-state index in [9.17, 15) is 12.8 Å². The van der Waals surface area contributed by atoms with Crippen molar-refractivity contribution in [3.63, 3.8) is 0 Å². The number of fused-ring (bicyclic) bond motifs is 1. The van der Waals surface area contributed by atoms with Gasteiger partial charge in [0, 0.05) is 6.42 Å². The summed E-state index contributed by atoms with van der Waals surface area (Å²) in [6, 6.07) is 12.6. The van der Waals surface area contributed by atoms with Gasteiger partial charge in [-0.3, -0.25) is 0 Å². The average Bonchev–Trinajstić information content (AvgIpc) is 2.83. The minimum atomic E-state index is -3.48. The van der Waals surface area contributed by atoms with Crippen molar-refractivity contribution in [3.05, 3.63) is 70.4 Å². The molecule has 2 nitrogen and oxygen atoms in total. The van der Waals surface area contributed by atoms with Gasteiger partial charge in [-0.15, -0.1) is 0 Å². The van der Waals surface area contributed by atoms with Crippen LogP contribution in [-0.2, 0) is 16.3 Å². The normalized spacial score (nSPS) is 14.1. The fraction of sp³-hybridized carbons (Fsp3) is 0.0667. The molecule has 2 aromatic carbocycles. The van der Waals surface area contributed by atoms with Gasteiger partial charge in [-0.2, -0.15) is 0 Å². The Kier molecular flexibility index (Phi) is 2.75. The Balaban J connectivity index is 2.03. The lowest BCUT2D eigenvalue weighted by Gasteiger charge is -2.04. The SMILES string of the molecule is O=S(=O)(C1=Cc2ccc(F)cc2C1)c1ccccc1. The zero-order valence-corrected chi connectivity index (χ0v) is 10.8. The van der Waals surface area contributed by atoms with Crippen molar-refractivity contribution in [1.29, 1.82) is 0 Å². The minimum absolute atomic E-state index is 0.254. The number of allylic oxidation sites excluding steroid dienone is 1. The lowest BCUT2D eigenvalue weighted by molar-refractivity contribution is 0.601. The van der Waals surface area contributed by atoms with Crippen molar-refractivity contribution >= 4 is 15.9 Å². The number of hydrogen-bond acceptors (Lipinski definition) is 2. The molecule has 19 heavy (non-hydrogen) atoms. The summed E-state index contributed by atoms with van der Waals surface area (Å²) in [5, 5.41) is 0. The second-order valence-electron chi connectivity index (χ2n) is 4.45. The van der Waals surface area contributed by atoms with Crippen molar-refractivity contribution in [2.24, 2.45) is 0 Å². The molecule has 0 heterocycles. The van der Waals surface area contributed by atoms with Crippen LogP contribution in [0.3, 0.4) is 0 Å². The van der Waals surface area contributed by atoms with Crippen molar-refractivity contribution in [1.82, 2.24) is 0 Å². The van der Waals surface area contributed by atoms with Gasteiger partial charge in [0.25, 0.3) is 0 Å². The van der Waals surface area contributed by atoms with Crippen LogP contribution in [0.5, 0.6) is 0 Å². The first-order valence-electron chi connectivity index (χ1n) is 5.86. The number of benzene rings is 2. The van der Waals surface area contributed by atoms with E-state index >= 15 is 0 Å². The Morgan fingerprint density at radius 2 is 1.74 bits per heavy atom. The minimum Gasteiger partial charge on any atom is -0.219 e. The van der Waals surface area contributed by atoms with Crippen LogP contribution < -0.4 is 0 Å². The molecule has 0 saturated heterocycles. The molecular formula is C15H11FO2S. The standard InChI is InChI=1S/C15H11FO2S/c16-13-7-6-11-9-15(10-12(11)8-13)19(17,18)14-4-2-1-3-5-14/h1-9H,10H2. The molecule has 2 aromatic rings. The van der Waals surface area contributed by atoms with Gasteiger partial charge < -0.3 is 0 Å². The summed E-state index contributed by atoms with van der Waals surface area (Å²) in [6.07, 6.45) is 1.88. The third kappa shape index (κ3) is 2.08. The lowest BCUT2D eigenvalue weighted by Crippen LogP contribution is -2.04. The molecule has 0 fully saturated rings. The van der Waals surface area contributed by atoms with E-state index in [0.717, 1.165) is 11.1 Å². The molecule has 0 unspecified atom stereocenters. The second kappa shape index (κ2) is 4.31. The molecule has 4 heteroatoms. The molecule has 0 N–H and O–H groups in total. The summed E-state index contributed by atoms with van der Waals surface area (Å²) in [7, 11) is -3.48. The first-order valence-corrected chi connectivity index (χ1v) is 7.35. The van der Waals surface area contributed by atoms with Crippen LogP contribution >= 0.6 is 0 Å². The molecule has 0 aromatic heterocycles. The third-order valence-electron chi connectivity index (χ3n) is 3.18. The van der Waals surface area contributed by atoms with E-state index in [-0.39, 0.29) is 17.1 Å². The van der Waals surface area contributed by atoms with E-state index in [4.69, 9.17) is 0 Å². The summed E-state index contributed by atoms with van der Waals surface area (Å²) in [5.74, 6) is -0.342. The van der Waals surface area contributed by atoms with Crippen LogP contribution in [0.15, 0.2) is 58.3 Å². The first kappa shape index (κ1) is 12.1. The number of hydrogen-bond donors (Lipinski definition) is 0. The zero-order chi connectivity index (χ0) is 13.5. The summed E-state index contributed by atoms with van der Waals surface area (Å²) in [6.45, 7) is 0. The monoisotopic (exact) mass is 274 g/mol. The summed E-state index contributed by atoms with van der Waals surface area (Å²) in [5.41, 5.74) is 1.49. The van der Waals surface area contributed by atoms with Gasteiger partial charge in [0.05, 0.1) is 9.80 Å². The molecule has 0 saturated carbocycles. The largest absolute Gasteiger partial charge is 0.219 e. The predicted molar refractivity (Wildman–Crippen MR) is 71.7 cm³/mol. The highest BCUT2D eigenvalue weighted by atomic mass is 32.2. The van der Waals surface area contributed by atoms with Gasteiger partial charge >= 0.3 is 0 Å². The molecule has 96 valence electrons. The fourth-order valence-corrected chi connectivity index (χ4v) is 3.65. The maximum absolute atomic E-state index is 13.1. The van der Waals surface area contributed by atoms with Crippen molar-refractivity contribution < 1.29 is 12.8 Å². The Bertz CT molecular complexity index is 762. The Morgan fingerprint density at radius 1 is 1.00 bits per heavy atom. The molecule has 3 rings (SSSR count). The van der Waals surface area contributed by atoms with Crippen LogP contribution in [0.1, 0.15) is 11.1 Å². The number of sulfone groups is 1. The van der Waals surface area contributed by atoms with Gasteiger partial charge in [-0.25, -0.2) is 12.8 Å². The van der Waals surface area contributed by atoms with Gasteiger partial charge in [0.2, 0.25) is 9.84 Å². The maximum atomic E-state index is 13.1. The van der Waals surface area contributed by atoms with Gasteiger partial charge in [-0.1, -0.05) is 24.3 Å². The average molecular weight is 274 g/mol. The molecule has 0 atom stereocenters. The highest BCUT2D eigenvalue weighted by molar-refractivity contribution is 7.95. The van der Waals surface area contributed by atoms with Gasteiger partial charge in [-0.05, 0) is 41.5 Å². The van der Waals surface area contributed by atoms with E-state index in [2.05, 4.69) is 0 Å². The van der Waals surface area contributed by atoms with Crippen LogP contribution in [0, 0.1) is 5.82 Å². The molecule has 1 aliphatic carbocycles. The van der Waals surface area contributed by atoms with E-state index in [1.165, 1.54) is 12.1 Å². The maximum Gasteiger partial charge on any atom is 0.203 e. The van der Waals surface area contributed by atoms with Crippen molar-refractivity contribution in [2.75, 3.05) is 0 Å². The van der Waals surface area contributed by atoms with E-state index < -0.39 is 9.84 Å². The lowest BCUT2D eigenvalue weighted by atomic mass is 10.1. The highest BCUT2D eigenvalue weighted by Crippen LogP contribution is 2.32. The van der Waals surface area contributed by atoms with Gasteiger partial charge in [0.1, 0.15) is 5.82 Å². The zero-order valence-electron chi connectivity index (χ0n) is 10.0. The smallest absolute Gasteiger partial charge is 0.203 e. The highest BCUT2D eigenvalue weighted by Gasteiger charge is 2.25. The van der Waals surface area contributed by atoms with Crippen molar-refractivity contribution in [2.45, 2.75) is 11.3 Å². The molecule has 0 bridgehead atoms. The third-order valence-corrected chi connectivity index (χ3v) is 5.03. The second-order valence-corrected chi connectivity index (χ2v) is 6.45. The Morgan fingerprint density at radius 3 is 2.47 bits per heavy atom. The predicted octanol–water partition coefficient (Wildman–Crippen LogP) is 3.20. The van der Waals surface area contributed by atoms with Gasteiger partial charge in [0.15, 0.2) is 0 Å². The van der Waals surface area contributed by atoms with E-state index in [0.29, 0.717) is 4.91 Å². The Labute approximate surface area is 111 Å². The molecule has 0 spiro atoms. The van der Waals surface area contributed by atoms with Crippen LogP contribution in [0.2, 0.25) is 0 Å². The quantitative estimate of drug-likeness (QED) is 0.842.